The highest BCUT2D eigenvalue weighted by atomic mass is 32.2. The second-order valence-corrected chi connectivity index (χ2v) is 6.03. The lowest BCUT2D eigenvalue weighted by molar-refractivity contribution is -0.134. The predicted octanol–water partition coefficient (Wildman–Crippen LogP) is 4.37. The van der Waals surface area contributed by atoms with Crippen molar-refractivity contribution in [2.75, 3.05) is 5.75 Å². The standard InChI is InChI=1S/C14H18F3NS/c15-14(16,17)8-1-9-19-13-6-2-11(3-7-13)10-18-12-4-5-12/h2-3,6-7,12,18H,1,4-5,8-10H2. The van der Waals surface area contributed by atoms with Crippen LogP contribution in [0.25, 0.3) is 0 Å². The van der Waals surface area contributed by atoms with E-state index in [4.69, 9.17) is 0 Å². The van der Waals surface area contributed by atoms with Crippen molar-refractivity contribution >= 4 is 11.8 Å². The van der Waals surface area contributed by atoms with Crippen LogP contribution < -0.4 is 5.32 Å². The molecule has 0 aliphatic heterocycles. The van der Waals surface area contributed by atoms with Crippen LogP contribution in [0.4, 0.5) is 13.2 Å². The molecule has 2 rings (SSSR count). The Hall–Kier alpha value is -0.680. The zero-order valence-corrected chi connectivity index (χ0v) is 11.5. The third kappa shape index (κ3) is 6.34. The molecule has 0 atom stereocenters. The van der Waals surface area contributed by atoms with Crippen molar-refractivity contribution in [1.82, 2.24) is 5.32 Å². The highest BCUT2D eigenvalue weighted by Gasteiger charge is 2.25. The summed E-state index contributed by atoms with van der Waals surface area (Å²) in [5, 5.41) is 3.43. The van der Waals surface area contributed by atoms with Gasteiger partial charge in [0.05, 0.1) is 0 Å². The molecule has 1 aliphatic carbocycles. The number of rotatable bonds is 7. The average Bonchev–Trinajstić information content (AvgIpc) is 3.16. The number of halogens is 3. The number of benzene rings is 1. The van der Waals surface area contributed by atoms with E-state index in [1.165, 1.54) is 30.2 Å². The third-order valence-corrected chi connectivity index (χ3v) is 4.07. The zero-order chi connectivity index (χ0) is 13.7. The van der Waals surface area contributed by atoms with Gasteiger partial charge in [-0.15, -0.1) is 11.8 Å². The van der Waals surface area contributed by atoms with Gasteiger partial charge in [0.15, 0.2) is 0 Å². The van der Waals surface area contributed by atoms with Gasteiger partial charge in [0.25, 0.3) is 0 Å². The smallest absolute Gasteiger partial charge is 0.310 e. The van der Waals surface area contributed by atoms with Crippen LogP contribution in [0.1, 0.15) is 31.2 Å². The topological polar surface area (TPSA) is 12.0 Å². The third-order valence-electron chi connectivity index (χ3n) is 2.97. The fourth-order valence-electron chi connectivity index (χ4n) is 1.72. The number of hydrogen-bond acceptors (Lipinski definition) is 2. The second kappa shape index (κ2) is 6.66. The van der Waals surface area contributed by atoms with Gasteiger partial charge < -0.3 is 5.32 Å². The molecule has 0 aromatic heterocycles. The van der Waals surface area contributed by atoms with E-state index >= 15 is 0 Å². The van der Waals surface area contributed by atoms with E-state index in [0.29, 0.717) is 11.8 Å². The normalized spacial score (nSPS) is 15.7. The molecule has 0 saturated heterocycles. The number of thioether (sulfide) groups is 1. The van der Waals surface area contributed by atoms with Gasteiger partial charge in [0, 0.05) is 23.9 Å². The van der Waals surface area contributed by atoms with Crippen LogP contribution >= 0.6 is 11.8 Å². The summed E-state index contributed by atoms with van der Waals surface area (Å²) in [6, 6.07) is 8.75. The maximum absolute atomic E-state index is 12.0. The molecule has 19 heavy (non-hydrogen) atoms. The van der Waals surface area contributed by atoms with Crippen molar-refractivity contribution in [3.05, 3.63) is 29.8 Å². The number of hydrogen-bond donors (Lipinski definition) is 1. The Balaban J connectivity index is 1.66. The van der Waals surface area contributed by atoms with Gasteiger partial charge >= 0.3 is 6.18 Å². The maximum Gasteiger partial charge on any atom is 0.389 e. The molecule has 0 radical (unpaired) electrons. The van der Waals surface area contributed by atoms with Crippen LogP contribution in [0.5, 0.6) is 0 Å². The van der Waals surface area contributed by atoms with Crippen molar-refractivity contribution < 1.29 is 13.2 Å². The quantitative estimate of drug-likeness (QED) is 0.591. The van der Waals surface area contributed by atoms with Gasteiger partial charge in [-0.2, -0.15) is 13.2 Å². The molecule has 0 bridgehead atoms. The van der Waals surface area contributed by atoms with Gasteiger partial charge in [0.1, 0.15) is 0 Å². The van der Waals surface area contributed by atoms with E-state index in [9.17, 15) is 13.2 Å². The molecule has 106 valence electrons. The van der Waals surface area contributed by atoms with Crippen molar-refractivity contribution in [3.63, 3.8) is 0 Å². The average molecular weight is 289 g/mol. The summed E-state index contributed by atoms with van der Waals surface area (Å²) in [5.74, 6) is 0.513. The molecule has 1 saturated carbocycles. The van der Waals surface area contributed by atoms with Crippen molar-refractivity contribution in [3.8, 4) is 0 Å². The van der Waals surface area contributed by atoms with Crippen LogP contribution in [0.15, 0.2) is 29.2 Å². The van der Waals surface area contributed by atoms with Gasteiger partial charge in [-0.3, -0.25) is 0 Å². The summed E-state index contributed by atoms with van der Waals surface area (Å²) in [6.07, 6.45) is -2.00. The lowest BCUT2D eigenvalue weighted by Gasteiger charge is -2.07. The Bertz CT molecular complexity index is 385. The molecule has 0 amide bonds. The van der Waals surface area contributed by atoms with Crippen LogP contribution in [0.3, 0.4) is 0 Å². The first-order chi connectivity index (χ1) is 9.03. The van der Waals surface area contributed by atoms with Crippen LogP contribution in [-0.2, 0) is 6.54 Å². The minimum absolute atomic E-state index is 0.180. The summed E-state index contributed by atoms with van der Waals surface area (Å²) in [7, 11) is 0. The fourth-order valence-corrected chi connectivity index (χ4v) is 2.57. The van der Waals surface area contributed by atoms with E-state index in [-0.39, 0.29) is 6.42 Å². The minimum Gasteiger partial charge on any atom is -0.310 e. The molecule has 1 aliphatic rings. The minimum atomic E-state index is -4.03. The van der Waals surface area contributed by atoms with Gasteiger partial charge in [-0.05, 0) is 42.7 Å². The molecule has 1 nitrogen and oxygen atoms in total. The first-order valence-corrected chi connectivity index (χ1v) is 7.53. The summed E-state index contributed by atoms with van der Waals surface area (Å²) in [6.45, 7) is 0.879. The van der Waals surface area contributed by atoms with Gasteiger partial charge in [-0.1, -0.05) is 12.1 Å². The predicted molar refractivity (Wildman–Crippen MR) is 72.3 cm³/mol. The van der Waals surface area contributed by atoms with E-state index in [2.05, 4.69) is 5.32 Å². The molecule has 0 heterocycles. The number of nitrogens with one attached hydrogen (secondary N) is 1. The highest BCUT2D eigenvalue weighted by molar-refractivity contribution is 7.99. The molecule has 1 aromatic carbocycles. The lowest BCUT2D eigenvalue weighted by Crippen LogP contribution is -2.14. The molecule has 1 fully saturated rings. The van der Waals surface area contributed by atoms with Crippen molar-refractivity contribution in [1.29, 1.82) is 0 Å². The zero-order valence-electron chi connectivity index (χ0n) is 10.7. The van der Waals surface area contributed by atoms with Crippen LogP contribution in [0.2, 0.25) is 0 Å². The molecule has 0 unspecified atom stereocenters. The Morgan fingerprint density at radius 2 is 1.84 bits per heavy atom. The summed E-state index contributed by atoms with van der Waals surface area (Å²) in [4.78, 5) is 1.04. The second-order valence-electron chi connectivity index (χ2n) is 4.87. The lowest BCUT2D eigenvalue weighted by atomic mass is 10.2. The van der Waals surface area contributed by atoms with Crippen molar-refractivity contribution in [2.45, 2.75) is 49.3 Å². The fraction of sp³-hybridized carbons (Fsp3) is 0.571. The Labute approximate surface area is 116 Å². The van der Waals surface area contributed by atoms with E-state index < -0.39 is 12.6 Å². The maximum atomic E-state index is 12.0. The Kier molecular flexibility index (Phi) is 5.16. The van der Waals surface area contributed by atoms with Crippen molar-refractivity contribution in [2.24, 2.45) is 0 Å². The summed E-state index contributed by atoms with van der Waals surface area (Å²) < 4.78 is 35.9. The highest BCUT2D eigenvalue weighted by Crippen LogP contribution is 2.25. The first kappa shape index (κ1) is 14.7. The molecular formula is C14H18F3NS. The molecule has 1 aromatic rings. The van der Waals surface area contributed by atoms with E-state index in [1.54, 1.807) is 0 Å². The number of alkyl halides is 3. The molecule has 5 heteroatoms. The van der Waals surface area contributed by atoms with Gasteiger partial charge in [0.2, 0.25) is 0 Å². The van der Waals surface area contributed by atoms with E-state index in [0.717, 1.165) is 11.4 Å². The molecule has 0 spiro atoms. The van der Waals surface area contributed by atoms with Gasteiger partial charge in [-0.25, -0.2) is 0 Å². The molecular weight excluding hydrogens is 271 g/mol. The SMILES string of the molecule is FC(F)(F)CCCSc1ccc(CNC2CC2)cc1. The monoisotopic (exact) mass is 289 g/mol. The first-order valence-electron chi connectivity index (χ1n) is 6.55. The van der Waals surface area contributed by atoms with Crippen LogP contribution in [0, 0.1) is 0 Å². The Morgan fingerprint density at radius 3 is 2.42 bits per heavy atom. The summed E-state index contributed by atoms with van der Waals surface area (Å²) >= 11 is 1.49. The largest absolute Gasteiger partial charge is 0.389 e. The van der Waals surface area contributed by atoms with Crippen LogP contribution in [-0.4, -0.2) is 18.0 Å². The van der Waals surface area contributed by atoms with E-state index in [1.807, 2.05) is 24.3 Å². The Morgan fingerprint density at radius 1 is 1.16 bits per heavy atom. The summed E-state index contributed by atoms with van der Waals surface area (Å²) in [5.41, 5.74) is 1.23. The molecule has 1 N–H and O–H groups in total.